The van der Waals surface area contributed by atoms with Gasteiger partial charge in [-0.05, 0) is 29.6 Å². The van der Waals surface area contributed by atoms with E-state index in [0.29, 0.717) is 16.3 Å². The Balaban J connectivity index is 1.84. The topological polar surface area (TPSA) is 72.8 Å². The average Bonchev–Trinajstić information content (AvgIpc) is 2.97. The fourth-order valence-corrected chi connectivity index (χ4v) is 5.07. The van der Waals surface area contributed by atoms with Gasteiger partial charge in [0, 0.05) is 17.0 Å². The Hall–Kier alpha value is -1.70. The highest BCUT2D eigenvalue weighted by atomic mass is 35.5. The summed E-state index contributed by atoms with van der Waals surface area (Å²) in [6.45, 7) is 0. The molecule has 3 rings (SSSR count). The molecule has 0 atom stereocenters. The number of sulfone groups is 1. The number of hydrogen-bond acceptors (Lipinski definition) is 6. The highest BCUT2D eigenvalue weighted by Crippen LogP contribution is 2.30. The van der Waals surface area contributed by atoms with E-state index in [-0.39, 0.29) is 21.9 Å². The molecule has 1 aromatic heterocycles. The van der Waals surface area contributed by atoms with E-state index < -0.39 is 15.8 Å². The van der Waals surface area contributed by atoms with Crippen LogP contribution in [0, 0.1) is 0 Å². The Kier molecular flexibility index (Phi) is 4.03. The second-order valence-corrected chi connectivity index (χ2v) is 8.27. The lowest BCUT2D eigenvalue weighted by atomic mass is 10.1. The van der Waals surface area contributed by atoms with Crippen LogP contribution < -0.4 is 0 Å². The van der Waals surface area contributed by atoms with Crippen LogP contribution in [0.4, 0.5) is 0 Å². The molecule has 0 amide bonds. The standard InChI is InChI=1S/C14H10ClNO4S2/c15-10-3-1-2-9(8-10)13(17)20-16-12-5-7-22(18,19)14-11(12)4-6-21-14/h1-4,6,8H,5,7H2. The second kappa shape index (κ2) is 5.83. The Morgan fingerprint density at radius 3 is 2.91 bits per heavy atom. The van der Waals surface area contributed by atoms with Crippen LogP contribution in [-0.2, 0) is 14.7 Å². The molecule has 22 heavy (non-hydrogen) atoms. The van der Waals surface area contributed by atoms with Gasteiger partial charge < -0.3 is 4.84 Å². The van der Waals surface area contributed by atoms with Gasteiger partial charge in [-0.2, -0.15) is 0 Å². The second-order valence-electron chi connectivity index (χ2n) is 4.62. The minimum Gasteiger partial charge on any atom is -0.313 e. The van der Waals surface area contributed by atoms with Crippen LogP contribution in [0.5, 0.6) is 0 Å². The summed E-state index contributed by atoms with van der Waals surface area (Å²) in [5.41, 5.74) is 1.25. The molecule has 1 aliphatic heterocycles. The number of oxime groups is 1. The molecule has 2 heterocycles. The molecule has 0 unspecified atom stereocenters. The number of carbonyl (C=O) groups is 1. The minimum absolute atomic E-state index is 0.0337. The van der Waals surface area contributed by atoms with E-state index >= 15 is 0 Å². The van der Waals surface area contributed by atoms with E-state index in [4.69, 9.17) is 16.4 Å². The smallest absolute Gasteiger partial charge is 0.313 e. The van der Waals surface area contributed by atoms with Gasteiger partial charge in [0.05, 0.1) is 17.0 Å². The van der Waals surface area contributed by atoms with Crippen molar-refractivity contribution in [3.05, 3.63) is 51.9 Å². The largest absolute Gasteiger partial charge is 0.365 e. The molecule has 5 nitrogen and oxygen atoms in total. The van der Waals surface area contributed by atoms with Gasteiger partial charge in [-0.3, -0.25) is 0 Å². The first kappa shape index (κ1) is 15.2. The third-order valence-corrected chi connectivity index (χ3v) is 6.65. The van der Waals surface area contributed by atoms with Crippen molar-refractivity contribution < 1.29 is 18.0 Å². The van der Waals surface area contributed by atoms with Crippen LogP contribution in [0.15, 0.2) is 45.1 Å². The molecule has 0 aliphatic carbocycles. The van der Waals surface area contributed by atoms with Crippen LogP contribution in [-0.4, -0.2) is 25.9 Å². The molecule has 0 N–H and O–H groups in total. The van der Waals surface area contributed by atoms with E-state index in [1.54, 1.807) is 29.6 Å². The molecule has 0 spiro atoms. The summed E-state index contributed by atoms with van der Waals surface area (Å²) in [6, 6.07) is 7.99. The van der Waals surface area contributed by atoms with Crippen LogP contribution in [0.3, 0.4) is 0 Å². The first-order valence-corrected chi connectivity index (χ1v) is 9.23. The van der Waals surface area contributed by atoms with Crippen molar-refractivity contribution in [3.63, 3.8) is 0 Å². The molecule has 0 saturated heterocycles. The number of carbonyl (C=O) groups excluding carboxylic acids is 1. The number of fused-ring (bicyclic) bond motifs is 1. The fraction of sp³-hybridized carbons (Fsp3) is 0.143. The van der Waals surface area contributed by atoms with Gasteiger partial charge in [0.1, 0.15) is 4.21 Å². The van der Waals surface area contributed by atoms with Crippen LogP contribution >= 0.6 is 22.9 Å². The zero-order valence-electron chi connectivity index (χ0n) is 11.2. The van der Waals surface area contributed by atoms with Crippen molar-refractivity contribution >= 4 is 44.5 Å². The van der Waals surface area contributed by atoms with Crippen molar-refractivity contribution in [3.8, 4) is 0 Å². The summed E-state index contributed by atoms with van der Waals surface area (Å²) in [4.78, 5) is 16.8. The van der Waals surface area contributed by atoms with Gasteiger partial charge in [-0.15, -0.1) is 11.3 Å². The number of nitrogens with zero attached hydrogens (tertiary/aromatic N) is 1. The maximum Gasteiger partial charge on any atom is 0.365 e. The van der Waals surface area contributed by atoms with Gasteiger partial charge in [0.2, 0.25) is 0 Å². The third-order valence-electron chi connectivity index (χ3n) is 3.13. The predicted octanol–water partition coefficient (Wildman–Crippen LogP) is 3.14. The monoisotopic (exact) mass is 355 g/mol. The van der Waals surface area contributed by atoms with Gasteiger partial charge in [-0.1, -0.05) is 22.8 Å². The number of halogens is 1. The number of benzene rings is 1. The van der Waals surface area contributed by atoms with Crippen molar-refractivity contribution in [2.75, 3.05) is 5.75 Å². The van der Waals surface area contributed by atoms with Crippen LogP contribution in [0.25, 0.3) is 0 Å². The Labute approximate surface area is 136 Å². The van der Waals surface area contributed by atoms with E-state index in [2.05, 4.69) is 5.16 Å². The molecule has 0 radical (unpaired) electrons. The number of rotatable bonds is 2. The molecule has 2 aromatic rings. The van der Waals surface area contributed by atoms with E-state index in [1.165, 1.54) is 6.07 Å². The summed E-state index contributed by atoms with van der Waals surface area (Å²) in [5, 5.41) is 5.94. The van der Waals surface area contributed by atoms with Gasteiger partial charge in [0.25, 0.3) is 0 Å². The summed E-state index contributed by atoms with van der Waals surface area (Å²) < 4.78 is 24.1. The van der Waals surface area contributed by atoms with Gasteiger partial charge in [0.15, 0.2) is 9.84 Å². The Bertz CT molecular complexity index is 870. The molecule has 0 fully saturated rings. The Morgan fingerprint density at radius 2 is 2.14 bits per heavy atom. The lowest BCUT2D eigenvalue weighted by Gasteiger charge is -2.13. The lowest BCUT2D eigenvalue weighted by molar-refractivity contribution is 0.0516. The number of thiophene rings is 1. The molecule has 0 bridgehead atoms. The predicted molar refractivity (Wildman–Crippen MR) is 84.4 cm³/mol. The summed E-state index contributed by atoms with van der Waals surface area (Å²) >= 11 is 6.95. The van der Waals surface area contributed by atoms with Crippen molar-refractivity contribution in [2.24, 2.45) is 5.16 Å². The van der Waals surface area contributed by atoms with Crippen LogP contribution in [0.2, 0.25) is 5.02 Å². The Morgan fingerprint density at radius 1 is 1.32 bits per heavy atom. The van der Waals surface area contributed by atoms with Crippen LogP contribution in [0.1, 0.15) is 22.3 Å². The first-order valence-electron chi connectivity index (χ1n) is 6.32. The van der Waals surface area contributed by atoms with E-state index in [1.807, 2.05) is 0 Å². The molecular weight excluding hydrogens is 346 g/mol. The van der Waals surface area contributed by atoms with Crippen molar-refractivity contribution in [2.45, 2.75) is 10.6 Å². The summed E-state index contributed by atoms with van der Waals surface area (Å²) in [7, 11) is -3.25. The summed E-state index contributed by atoms with van der Waals surface area (Å²) in [6.07, 6.45) is 0.217. The van der Waals surface area contributed by atoms with Gasteiger partial charge >= 0.3 is 5.97 Å². The highest BCUT2D eigenvalue weighted by molar-refractivity contribution is 7.93. The van der Waals surface area contributed by atoms with E-state index in [0.717, 1.165) is 11.3 Å². The molecule has 1 aliphatic rings. The average molecular weight is 356 g/mol. The lowest BCUT2D eigenvalue weighted by Crippen LogP contribution is -2.20. The SMILES string of the molecule is O=C(ON=C1CCS(=O)(=O)c2sccc21)c1cccc(Cl)c1. The van der Waals surface area contributed by atoms with Crippen molar-refractivity contribution in [1.82, 2.24) is 0 Å². The van der Waals surface area contributed by atoms with E-state index in [9.17, 15) is 13.2 Å². The maximum atomic E-state index is 11.9. The zero-order chi connectivity index (χ0) is 15.7. The molecule has 1 aromatic carbocycles. The molecule has 0 saturated carbocycles. The maximum absolute atomic E-state index is 11.9. The minimum atomic E-state index is -3.25. The molecular formula is C14H10ClNO4S2. The fourth-order valence-electron chi connectivity index (χ4n) is 2.07. The molecule has 114 valence electrons. The quantitative estimate of drug-likeness (QED) is 0.612. The molecule has 8 heteroatoms. The van der Waals surface area contributed by atoms with Gasteiger partial charge in [-0.25, -0.2) is 13.2 Å². The normalized spacial score (nSPS) is 18.0. The zero-order valence-corrected chi connectivity index (χ0v) is 13.5. The summed E-state index contributed by atoms with van der Waals surface area (Å²) in [5.74, 6) is -0.672. The number of hydrogen-bond donors (Lipinski definition) is 0. The highest BCUT2D eigenvalue weighted by Gasteiger charge is 2.29. The first-order chi connectivity index (χ1) is 10.5. The van der Waals surface area contributed by atoms with Crippen molar-refractivity contribution in [1.29, 1.82) is 0 Å². The third kappa shape index (κ3) is 2.92.